The third kappa shape index (κ3) is 3.01. The van der Waals surface area contributed by atoms with Crippen LogP contribution in [0.3, 0.4) is 0 Å². The first-order valence-corrected chi connectivity index (χ1v) is 10.7. The van der Waals surface area contributed by atoms with Crippen molar-refractivity contribution >= 4 is 44.5 Å². The summed E-state index contributed by atoms with van der Waals surface area (Å²) in [5, 5.41) is 12.2. The molecule has 0 saturated carbocycles. The van der Waals surface area contributed by atoms with E-state index in [0.717, 1.165) is 0 Å². The number of aliphatic imine (C=N–C) groups is 1. The molecule has 0 bridgehead atoms. The number of rotatable bonds is 3. The van der Waals surface area contributed by atoms with Crippen molar-refractivity contribution in [2.75, 3.05) is 12.8 Å². The largest absolute Gasteiger partial charge is 0.414 e. The molecule has 3 aromatic rings. The Kier molecular flexibility index (Phi) is 4.05. The van der Waals surface area contributed by atoms with Crippen LogP contribution in [0.4, 0.5) is 0 Å². The van der Waals surface area contributed by atoms with E-state index in [1.165, 1.54) is 21.9 Å². The van der Waals surface area contributed by atoms with E-state index in [1.54, 1.807) is 19.2 Å². The van der Waals surface area contributed by atoms with Crippen LogP contribution in [0.15, 0.2) is 32.3 Å². The molecule has 0 spiro atoms. The SMILES string of the molecule is C=S1(=O)C[C@@](C)(c2sc(-c3nnc(-c4ccon4)o3)cc2Cl)N=C(N)N1C. The van der Waals surface area contributed by atoms with Crippen LogP contribution < -0.4 is 5.73 Å². The molecule has 0 amide bonds. The van der Waals surface area contributed by atoms with E-state index in [4.69, 9.17) is 26.3 Å². The van der Waals surface area contributed by atoms with Gasteiger partial charge in [0, 0.05) is 13.1 Å². The number of hydrogen-bond donors (Lipinski definition) is 1. The Bertz CT molecular complexity index is 1130. The fraction of sp³-hybridized carbons (Fsp3) is 0.267. The molecule has 0 fully saturated rings. The van der Waals surface area contributed by atoms with Crippen LogP contribution in [0.2, 0.25) is 5.02 Å². The van der Waals surface area contributed by atoms with Crippen LogP contribution in [0.25, 0.3) is 22.4 Å². The highest BCUT2D eigenvalue weighted by molar-refractivity contribution is 7.98. The maximum Gasteiger partial charge on any atom is 0.270 e. The fourth-order valence-corrected chi connectivity index (χ4v) is 6.08. The van der Waals surface area contributed by atoms with Crippen LogP contribution in [-0.4, -0.2) is 48.5 Å². The minimum absolute atomic E-state index is 0.154. The summed E-state index contributed by atoms with van der Waals surface area (Å²) in [6, 6.07) is 3.33. The zero-order chi connectivity index (χ0) is 19.4. The summed E-state index contributed by atoms with van der Waals surface area (Å²) in [6.07, 6.45) is 1.42. The third-order valence-electron chi connectivity index (χ3n) is 4.16. The van der Waals surface area contributed by atoms with E-state index < -0.39 is 15.2 Å². The molecule has 2 N–H and O–H groups in total. The molecule has 4 rings (SSSR count). The Morgan fingerprint density at radius 2 is 2.19 bits per heavy atom. The molecule has 0 aliphatic carbocycles. The van der Waals surface area contributed by atoms with Gasteiger partial charge in [-0.2, -0.15) is 0 Å². The third-order valence-corrected chi connectivity index (χ3v) is 8.14. The smallest absolute Gasteiger partial charge is 0.270 e. The first kappa shape index (κ1) is 18.0. The normalized spacial score (nSPS) is 25.6. The zero-order valence-electron chi connectivity index (χ0n) is 14.4. The summed E-state index contributed by atoms with van der Waals surface area (Å²) in [6.45, 7) is 1.83. The van der Waals surface area contributed by atoms with Gasteiger partial charge in [-0.3, -0.25) is 4.31 Å². The average Bonchev–Trinajstić information content (AvgIpc) is 3.31. The lowest BCUT2D eigenvalue weighted by atomic mass is 10.0. The molecule has 0 radical (unpaired) electrons. The molecular formula is C15H15ClN6O3S2. The molecule has 142 valence electrons. The predicted molar refractivity (Wildman–Crippen MR) is 105 cm³/mol. The Morgan fingerprint density at radius 1 is 1.44 bits per heavy atom. The average molecular weight is 427 g/mol. The van der Waals surface area contributed by atoms with Crippen molar-refractivity contribution in [3.8, 4) is 22.4 Å². The molecule has 27 heavy (non-hydrogen) atoms. The minimum Gasteiger partial charge on any atom is -0.414 e. The predicted octanol–water partition coefficient (Wildman–Crippen LogP) is 2.21. The van der Waals surface area contributed by atoms with Gasteiger partial charge in [-0.25, -0.2) is 9.20 Å². The van der Waals surface area contributed by atoms with Crippen LogP contribution in [0.5, 0.6) is 0 Å². The lowest BCUT2D eigenvalue weighted by molar-refractivity contribution is 0.419. The Hall–Kier alpha value is -2.37. The lowest BCUT2D eigenvalue weighted by Gasteiger charge is -2.36. The van der Waals surface area contributed by atoms with Gasteiger partial charge in [0.05, 0.1) is 30.2 Å². The molecular weight excluding hydrogens is 412 g/mol. The number of halogens is 1. The summed E-state index contributed by atoms with van der Waals surface area (Å²) in [4.78, 5) is 5.87. The molecule has 1 unspecified atom stereocenters. The number of nitrogens with zero attached hydrogens (tertiary/aromatic N) is 5. The Morgan fingerprint density at radius 3 is 2.85 bits per heavy atom. The zero-order valence-corrected chi connectivity index (χ0v) is 16.8. The number of thiophene rings is 1. The monoisotopic (exact) mass is 426 g/mol. The van der Waals surface area contributed by atoms with Crippen molar-refractivity contribution in [1.82, 2.24) is 19.7 Å². The van der Waals surface area contributed by atoms with E-state index in [1.807, 2.05) is 6.92 Å². The van der Waals surface area contributed by atoms with E-state index in [-0.39, 0.29) is 23.5 Å². The number of hydrogen-bond acceptors (Lipinski definition) is 9. The van der Waals surface area contributed by atoms with Crippen molar-refractivity contribution in [3.05, 3.63) is 28.3 Å². The highest BCUT2D eigenvalue weighted by Gasteiger charge is 2.40. The van der Waals surface area contributed by atoms with Gasteiger partial charge < -0.3 is 14.7 Å². The topological polar surface area (TPSA) is 124 Å². The molecule has 9 nitrogen and oxygen atoms in total. The van der Waals surface area contributed by atoms with E-state index in [9.17, 15) is 4.21 Å². The van der Waals surface area contributed by atoms with Gasteiger partial charge in [0.1, 0.15) is 11.8 Å². The second kappa shape index (κ2) is 6.08. The van der Waals surface area contributed by atoms with E-state index >= 15 is 0 Å². The van der Waals surface area contributed by atoms with Crippen molar-refractivity contribution in [3.63, 3.8) is 0 Å². The van der Waals surface area contributed by atoms with Gasteiger partial charge in [-0.1, -0.05) is 16.8 Å². The number of aromatic nitrogens is 3. The molecule has 4 heterocycles. The highest BCUT2D eigenvalue weighted by atomic mass is 35.5. The van der Waals surface area contributed by atoms with E-state index in [2.05, 4.69) is 26.2 Å². The molecule has 3 aromatic heterocycles. The highest BCUT2D eigenvalue weighted by Crippen LogP contribution is 2.44. The summed E-state index contributed by atoms with van der Waals surface area (Å²) < 4.78 is 24.6. The maximum atomic E-state index is 12.8. The fourth-order valence-electron chi connectivity index (χ4n) is 2.77. The second-order valence-corrected chi connectivity index (χ2v) is 10.1. The molecule has 1 aliphatic rings. The first-order valence-electron chi connectivity index (χ1n) is 7.68. The number of guanidine groups is 1. The molecule has 0 saturated heterocycles. The van der Waals surface area contributed by atoms with Crippen LogP contribution in [-0.2, 0) is 15.2 Å². The summed E-state index contributed by atoms with van der Waals surface area (Å²) in [5.74, 6) is 4.67. The van der Waals surface area contributed by atoms with Crippen molar-refractivity contribution in [1.29, 1.82) is 0 Å². The summed E-state index contributed by atoms with van der Waals surface area (Å²) >= 11 is 7.78. The van der Waals surface area contributed by atoms with Crippen molar-refractivity contribution < 1.29 is 13.1 Å². The molecule has 0 aromatic carbocycles. The Labute approximate surface area is 164 Å². The van der Waals surface area contributed by atoms with Gasteiger partial charge in [-0.05, 0) is 18.9 Å². The first-order chi connectivity index (χ1) is 12.7. The summed E-state index contributed by atoms with van der Waals surface area (Å²) in [5.41, 5.74) is 5.52. The van der Waals surface area contributed by atoms with Crippen LogP contribution in [0, 0.1) is 0 Å². The van der Waals surface area contributed by atoms with Crippen molar-refractivity contribution in [2.24, 2.45) is 10.7 Å². The van der Waals surface area contributed by atoms with Gasteiger partial charge >= 0.3 is 0 Å². The Balaban J connectivity index is 1.74. The van der Waals surface area contributed by atoms with E-state index in [0.29, 0.717) is 20.5 Å². The molecule has 1 aliphatic heterocycles. The number of nitrogens with two attached hydrogens (primary N) is 1. The quantitative estimate of drug-likeness (QED) is 0.636. The maximum absolute atomic E-state index is 12.8. The standard InChI is InChI=1S/C15H15ClN6O3S2/c1-15(7-27(3,23)22(2)14(17)18-15)11-8(16)6-10(26-11)13-20-19-12(25-13)9-4-5-24-21-9/h4-6H,3,7H2,1-2H3,(H2,17,18)/t15-,27?/m0/s1. The van der Waals surface area contributed by atoms with Gasteiger partial charge in [0.2, 0.25) is 5.96 Å². The van der Waals surface area contributed by atoms with Crippen molar-refractivity contribution in [2.45, 2.75) is 12.5 Å². The van der Waals surface area contributed by atoms with Gasteiger partial charge in [-0.15, -0.1) is 21.5 Å². The van der Waals surface area contributed by atoms with Gasteiger partial charge in [0.15, 0.2) is 5.69 Å². The second-order valence-electron chi connectivity index (χ2n) is 6.24. The van der Waals surface area contributed by atoms with Crippen LogP contribution in [0.1, 0.15) is 11.8 Å². The van der Waals surface area contributed by atoms with Crippen LogP contribution >= 0.6 is 22.9 Å². The molecule has 2 atom stereocenters. The minimum atomic E-state index is -2.61. The van der Waals surface area contributed by atoms with Gasteiger partial charge in [0.25, 0.3) is 11.8 Å². The lowest BCUT2D eigenvalue weighted by Crippen LogP contribution is -2.50. The summed E-state index contributed by atoms with van der Waals surface area (Å²) in [7, 11) is -0.998. The molecule has 12 heteroatoms.